The molecule has 108 valence electrons. The lowest BCUT2D eigenvalue weighted by Crippen LogP contribution is -2.38. The van der Waals surface area contributed by atoms with E-state index in [4.69, 9.17) is 10.00 Å². The molecule has 0 aliphatic carbocycles. The maximum Gasteiger partial charge on any atom is 0.237 e. The molecule has 1 aromatic carbocycles. The van der Waals surface area contributed by atoms with Crippen molar-refractivity contribution in [2.45, 2.75) is 12.2 Å². The third-order valence-corrected chi connectivity index (χ3v) is 4.79. The van der Waals surface area contributed by atoms with Crippen molar-refractivity contribution in [3.05, 3.63) is 29.3 Å². The Bertz CT molecular complexity index is 659. The van der Waals surface area contributed by atoms with E-state index in [9.17, 15) is 13.2 Å². The van der Waals surface area contributed by atoms with Gasteiger partial charge in [-0.3, -0.25) is 4.79 Å². The lowest BCUT2D eigenvalue weighted by molar-refractivity contribution is 0.0999. The summed E-state index contributed by atoms with van der Waals surface area (Å²) in [5.74, 6) is -0.297. The topological polar surface area (TPSA) is 87.5 Å². The van der Waals surface area contributed by atoms with Crippen molar-refractivity contribution >= 4 is 15.8 Å². The van der Waals surface area contributed by atoms with E-state index in [2.05, 4.69) is 0 Å². The molecule has 0 aromatic heterocycles. The first-order valence-corrected chi connectivity index (χ1v) is 7.25. The van der Waals surface area contributed by atoms with E-state index in [1.807, 2.05) is 0 Å². The predicted molar refractivity (Wildman–Crippen MR) is 74.1 cm³/mol. The Hall–Kier alpha value is -1.91. The molecule has 0 saturated heterocycles. The summed E-state index contributed by atoms with van der Waals surface area (Å²) >= 11 is 0. The number of benzene rings is 1. The number of carbonyl (C=O) groups excluding carboxylic acids is 1. The van der Waals surface area contributed by atoms with Gasteiger partial charge in [0.2, 0.25) is 15.3 Å². The average molecular weight is 296 g/mol. The highest BCUT2D eigenvalue weighted by atomic mass is 32.2. The predicted octanol–water partition coefficient (Wildman–Crippen LogP) is 0.970. The highest BCUT2D eigenvalue weighted by Gasteiger charge is 2.35. The van der Waals surface area contributed by atoms with Gasteiger partial charge in [0.05, 0.1) is 13.2 Å². The number of nitrogens with zero attached hydrogens (tertiary/aromatic N) is 2. The molecule has 6 nitrogen and oxygen atoms in total. The molecule has 0 bridgehead atoms. The molecular formula is C13H16N2O4S. The minimum absolute atomic E-state index is 0.129. The molecule has 0 fully saturated rings. The summed E-state index contributed by atoms with van der Waals surface area (Å²) in [5, 5.41) is 7.26. The van der Waals surface area contributed by atoms with Gasteiger partial charge in [-0.15, -0.1) is 0 Å². The number of ketones is 1. The van der Waals surface area contributed by atoms with Crippen LogP contribution in [0.4, 0.5) is 0 Å². The molecule has 0 amide bonds. The Kier molecular flexibility index (Phi) is 4.87. The molecule has 0 heterocycles. The molecule has 0 saturated carbocycles. The van der Waals surface area contributed by atoms with Gasteiger partial charge in [-0.05, 0) is 18.6 Å². The van der Waals surface area contributed by atoms with E-state index >= 15 is 0 Å². The van der Waals surface area contributed by atoms with E-state index in [0.717, 1.165) is 9.87 Å². The number of methoxy groups -OCH3 is 1. The van der Waals surface area contributed by atoms with Gasteiger partial charge in [0.25, 0.3) is 0 Å². The summed E-state index contributed by atoms with van der Waals surface area (Å²) in [6.07, 6.45) is 0. The number of aryl methyl sites for hydroxylation is 1. The number of hydrogen-bond acceptors (Lipinski definition) is 5. The van der Waals surface area contributed by atoms with Crippen molar-refractivity contribution < 1.29 is 17.9 Å². The molecular weight excluding hydrogens is 280 g/mol. The zero-order chi connectivity index (χ0) is 15.5. The molecule has 0 N–H and O–H groups in total. The van der Waals surface area contributed by atoms with Crippen LogP contribution in [-0.2, 0) is 10.0 Å². The zero-order valence-electron chi connectivity index (χ0n) is 11.7. The van der Waals surface area contributed by atoms with Crippen molar-refractivity contribution in [3.63, 3.8) is 0 Å². The van der Waals surface area contributed by atoms with E-state index in [-0.39, 0.29) is 5.56 Å². The van der Waals surface area contributed by atoms with E-state index in [0.29, 0.717) is 5.75 Å². The van der Waals surface area contributed by atoms with Gasteiger partial charge >= 0.3 is 0 Å². The Morgan fingerprint density at radius 2 is 2.00 bits per heavy atom. The van der Waals surface area contributed by atoms with Crippen molar-refractivity contribution in [1.82, 2.24) is 4.31 Å². The molecule has 7 heteroatoms. The number of hydrogen-bond donors (Lipinski definition) is 0. The summed E-state index contributed by atoms with van der Waals surface area (Å²) in [5.41, 5.74) is 0.942. The molecule has 0 spiro atoms. The lowest BCUT2D eigenvalue weighted by atomic mass is 10.1. The number of nitriles is 1. The lowest BCUT2D eigenvalue weighted by Gasteiger charge is -2.15. The van der Waals surface area contributed by atoms with Crippen LogP contribution in [0.15, 0.2) is 18.2 Å². The monoisotopic (exact) mass is 296 g/mol. The molecule has 0 aliphatic heterocycles. The Labute approximate surface area is 118 Å². The van der Waals surface area contributed by atoms with Crippen LogP contribution < -0.4 is 4.74 Å². The third-order valence-electron chi connectivity index (χ3n) is 2.85. The average Bonchev–Trinajstić information content (AvgIpc) is 2.39. The van der Waals surface area contributed by atoms with Crippen LogP contribution in [0.1, 0.15) is 15.9 Å². The number of sulfonamides is 1. The number of ether oxygens (including phenoxy) is 1. The fourth-order valence-electron chi connectivity index (χ4n) is 1.60. The van der Waals surface area contributed by atoms with Crippen LogP contribution >= 0.6 is 0 Å². The molecule has 1 aromatic rings. The van der Waals surface area contributed by atoms with Gasteiger partial charge < -0.3 is 4.74 Å². The second-order valence-electron chi connectivity index (χ2n) is 4.39. The van der Waals surface area contributed by atoms with Crippen molar-refractivity contribution in [2.75, 3.05) is 21.2 Å². The Balaban J connectivity index is 3.27. The zero-order valence-corrected chi connectivity index (χ0v) is 12.6. The first kappa shape index (κ1) is 16.1. The summed E-state index contributed by atoms with van der Waals surface area (Å²) in [4.78, 5) is 12.2. The van der Waals surface area contributed by atoms with Crippen LogP contribution in [0.25, 0.3) is 0 Å². The first-order chi connectivity index (χ1) is 9.25. The summed E-state index contributed by atoms with van der Waals surface area (Å²) in [6, 6.07) is 6.12. The fraction of sp³-hybridized carbons (Fsp3) is 0.385. The van der Waals surface area contributed by atoms with Crippen LogP contribution in [0.2, 0.25) is 0 Å². The SMILES string of the molecule is COc1cc(C(=O)C(C#N)S(=O)(=O)N(C)C)ccc1C. The third kappa shape index (κ3) is 2.98. The normalized spacial score (nSPS) is 12.8. The highest BCUT2D eigenvalue weighted by molar-refractivity contribution is 7.90. The standard InChI is InChI=1S/C13H16N2O4S/c1-9-5-6-10(7-11(9)19-4)13(16)12(8-14)20(17,18)15(2)3/h5-7,12H,1-4H3. The van der Waals surface area contributed by atoms with Gasteiger partial charge in [-0.2, -0.15) is 5.26 Å². The van der Waals surface area contributed by atoms with Crippen LogP contribution in [-0.4, -0.2) is 45.0 Å². The summed E-state index contributed by atoms with van der Waals surface area (Å²) in [6.45, 7) is 1.80. The summed E-state index contributed by atoms with van der Waals surface area (Å²) in [7, 11) is 0.0299. The van der Waals surface area contributed by atoms with Crippen molar-refractivity contribution in [1.29, 1.82) is 5.26 Å². The van der Waals surface area contributed by atoms with Crippen molar-refractivity contribution in [3.8, 4) is 11.8 Å². The number of rotatable bonds is 5. The molecule has 0 radical (unpaired) electrons. The Morgan fingerprint density at radius 3 is 2.45 bits per heavy atom. The minimum Gasteiger partial charge on any atom is -0.496 e. The van der Waals surface area contributed by atoms with Gasteiger partial charge in [0.15, 0.2) is 5.78 Å². The molecule has 20 heavy (non-hydrogen) atoms. The quantitative estimate of drug-likeness (QED) is 0.755. The van der Waals surface area contributed by atoms with Gasteiger partial charge in [0.1, 0.15) is 5.75 Å². The fourth-order valence-corrected chi connectivity index (χ4v) is 2.56. The smallest absolute Gasteiger partial charge is 0.237 e. The van der Waals surface area contributed by atoms with Crippen molar-refractivity contribution in [2.24, 2.45) is 0 Å². The second-order valence-corrected chi connectivity index (χ2v) is 6.62. The van der Waals surface area contributed by atoms with E-state index < -0.39 is 21.1 Å². The number of Topliss-reactive ketones (excluding diaryl/α,β-unsaturated/α-hetero) is 1. The largest absolute Gasteiger partial charge is 0.496 e. The molecule has 0 aliphatic rings. The first-order valence-electron chi connectivity index (χ1n) is 5.75. The van der Waals surface area contributed by atoms with Crippen LogP contribution in [0.5, 0.6) is 5.75 Å². The van der Waals surface area contributed by atoms with Crippen LogP contribution in [0, 0.1) is 18.3 Å². The van der Waals surface area contributed by atoms with Gasteiger partial charge in [-0.25, -0.2) is 12.7 Å². The molecule has 1 atom stereocenters. The number of carbonyl (C=O) groups is 1. The maximum atomic E-state index is 12.2. The summed E-state index contributed by atoms with van der Waals surface area (Å²) < 4.78 is 29.9. The second kappa shape index (κ2) is 6.03. The maximum absolute atomic E-state index is 12.2. The minimum atomic E-state index is -3.98. The molecule has 1 rings (SSSR count). The van der Waals surface area contributed by atoms with E-state index in [1.54, 1.807) is 19.1 Å². The van der Waals surface area contributed by atoms with Gasteiger partial charge in [0, 0.05) is 19.7 Å². The van der Waals surface area contributed by atoms with E-state index in [1.165, 1.54) is 33.3 Å². The Morgan fingerprint density at radius 1 is 1.40 bits per heavy atom. The van der Waals surface area contributed by atoms with Gasteiger partial charge in [-0.1, -0.05) is 12.1 Å². The molecule has 1 unspecified atom stereocenters. The highest BCUT2D eigenvalue weighted by Crippen LogP contribution is 2.21. The van der Waals surface area contributed by atoms with Crippen LogP contribution in [0.3, 0.4) is 0 Å².